The molecular formula is C24H32N6O3. The number of amides is 2. The summed E-state index contributed by atoms with van der Waals surface area (Å²) in [6.07, 6.45) is 3.75. The van der Waals surface area contributed by atoms with E-state index in [0.29, 0.717) is 30.4 Å². The molecule has 4 N–H and O–H groups in total. The topological polar surface area (TPSA) is 128 Å². The zero-order chi connectivity index (χ0) is 23.4. The third-order valence-electron chi connectivity index (χ3n) is 6.37. The van der Waals surface area contributed by atoms with Crippen LogP contribution in [0, 0.1) is 5.92 Å². The van der Waals surface area contributed by atoms with E-state index in [2.05, 4.69) is 33.9 Å². The predicted molar refractivity (Wildman–Crippen MR) is 125 cm³/mol. The highest BCUT2D eigenvalue weighted by molar-refractivity contribution is 6.01. The number of ether oxygens (including phenoxy) is 1. The summed E-state index contributed by atoms with van der Waals surface area (Å²) < 4.78 is 5.62. The Labute approximate surface area is 194 Å². The molecule has 9 nitrogen and oxygen atoms in total. The van der Waals surface area contributed by atoms with Crippen LogP contribution < -0.4 is 21.1 Å². The van der Waals surface area contributed by atoms with Gasteiger partial charge in [-0.25, -0.2) is 0 Å². The van der Waals surface area contributed by atoms with Crippen molar-refractivity contribution in [1.82, 2.24) is 14.9 Å². The number of aromatic nitrogens is 2. The van der Waals surface area contributed by atoms with Gasteiger partial charge in [0, 0.05) is 18.0 Å². The number of anilines is 2. The van der Waals surface area contributed by atoms with Crippen LogP contribution in [0.2, 0.25) is 0 Å². The molecule has 0 spiro atoms. The number of likely N-dealkylation sites (tertiary alicyclic amines) is 1. The van der Waals surface area contributed by atoms with Crippen molar-refractivity contribution in [2.45, 2.75) is 52.1 Å². The highest BCUT2D eigenvalue weighted by atomic mass is 16.5. The van der Waals surface area contributed by atoms with Gasteiger partial charge in [-0.2, -0.15) is 9.97 Å². The molecule has 0 unspecified atom stereocenters. The lowest BCUT2D eigenvalue weighted by Gasteiger charge is -2.30. The van der Waals surface area contributed by atoms with Crippen molar-refractivity contribution in [2.75, 3.05) is 30.3 Å². The van der Waals surface area contributed by atoms with Gasteiger partial charge in [0.15, 0.2) is 0 Å². The zero-order valence-corrected chi connectivity index (χ0v) is 19.1. The van der Waals surface area contributed by atoms with Crippen molar-refractivity contribution >= 4 is 23.5 Å². The van der Waals surface area contributed by atoms with Gasteiger partial charge in [0.1, 0.15) is 11.6 Å². The number of hydrogen-bond acceptors (Lipinski definition) is 7. The van der Waals surface area contributed by atoms with Gasteiger partial charge in [-0.15, -0.1) is 0 Å². The standard InChI is InChI=1S/C24H32N6O3/c1-2-3-12-33-24-27-21(25)19-13-20(31)30(23(19)28-24)15-17-6-4-16(5-7-17)14-29-10-8-18(9-11-29)22(26)32/h4-7,18H,2-3,8-15H2,1H3,(H2,26,32)(H2,25,27,28). The molecule has 2 aliphatic heterocycles. The minimum Gasteiger partial charge on any atom is -0.463 e. The molecule has 2 amide bonds. The van der Waals surface area contributed by atoms with E-state index in [-0.39, 0.29) is 30.2 Å². The van der Waals surface area contributed by atoms with Gasteiger partial charge in [0.25, 0.3) is 0 Å². The number of carbonyl (C=O) groups excluding carboxylic acids is 2. The fourth-order valence-corrected chi connectivity index (χ4v) is 4.33. The van der Waals surface area contributed by atoms with Crippen molar-refractivity contribution in [1.29, 1.82) is 0 Å². The second-order valence-electron chi connectivity index (χ2n) is 8.82. The molecule has 33 heavy (non-hydrogen) atoms. The zero-order valence-electron chi connectivity index (χ0n) is 19.1. The van der Waals surface area contributed by atoms with Crippen molar-refractivity contribution in [3.63, 3.8) is 0 Å². The van der Waals surface area contributed by atoms with Gasteiger partial charge in [-0.05, 0) is 43.5 Å². The molecule has 0 bridgehead atoms. The average molecular weight is 453 g/mol. The number of carbonyl (C=O) groups is 2. The Morgan fingerprint density at radius 3 is 2.42 bits per heavy atom. The van der Waals surface area contributed by atoms with Gasteiger partial charge in [0.2, 0.25) is 11.8 Å². The predicted octanol–water partition coefficient (Wildman–Crippen LogP) is 2.02. The summed E-state index contributed by atoms with van der Waals surface area (Å²) in [5.41, 5.74) is 14.4. The third kappa shape index (κ3) is 5.42. The molecule has 1 fully saturated rings. The van der Waals surface area contributed by atoms with Gasteiger partial charge in [-0.1, -0.05) is 37.6 Å². The summed E-state index contributed by atoms with van der Waals surface area (Å²) in [5, 5.41) is 0. The summed E-state index contributed by atoms with van der Waals surface area (Å²) in [7, 11) is 0. The number of unbranched alkanes of at least 4 members (excludes halogenated alkanes) is 1. The number of hydrogen-bond donors (Lipinski definition) is 2. The Balaban J connectivity index is 1.39. The number of rotatable bonds is 9. The number of benzene rings is 1. The van der Waals surface area contributed by atoms with Crippen molar-refractivity contribution in [3.05, 3.63) is 41.0 Å². The van der Waals surface area contributed by atoms with Crippen LogP contribution in [0.25, 0.3) is 0 Å². The Hall–Kier alpha value is -3.20. The van der Waals surface area contributed by atoms with Crippen LogP contribution in [-0.2, 0) is 29.1 Å². The fraction of sp³-hybridized carbons (Fsp3) is 0.500. The van der Waals surface area contributed by atoms with Crippen LogP contribution in [0.4, 0.5) is 11.6 Å². The van der Waals surface area contributed by atoms with Gasteiger partial charge in [0.05, 0.1) is 19.6 Å². The summed E-state index contributed by atoms with van der Waals surface area (Å²) in [6, 6.07) is 8.48. The summed E-state index contributed by atoms with van der Waals surface area (Å²) in [5.74, 6) is 0.611. The molecule has 0 aliphatic carbocycles. The van der Waals surface area contributed by atoms with E-state index in [1.54, 1.807) is 4.90 Å². The number of nitrogen functional groups attached to an aromatic ring is 1. The first-order chi connectivity index (χ1) is 15.9. The number of primary amides is 1. The van der Waals surface area contributed by atoms with E-state index >= 15 is 0 Å². The molecule has 0 saturated carbocycles. The molecule has 176 valence electrons. The monoisotopic (exact) mass is 452 g/mol. The summed E-state index contributed by atoms with van der Waals surface area (Å²) in [6.45, 7) is 5.60. The maximum Gasteiger partial charge on any atom is 0.320 e. The maximum absolute atomic E-state index is 12.7. The van der Waals surface area contributed by atoms with E-state index in [4.69, 9.17) is 16.2 Å². The first-order valence-corrected chi connectivity index (χ1v) is 11.6. The minimum atomic E-state index is -0.191. The number of fused-ring (bicyclic) bond motifs is 1. The van der Waals surface area contributed by atoms with Crippen LogP contribution in [0.1, 0.15) is 49.3 Å². The van der Waals surface area contributed by atoms with Gasteiger partial charge < -0.3 is 16.2 Å². The molecule has 2 aliphatic rings. The molecular weight excluding hydrogens is 420 g/mol. The second-order valence-corrected chi connectivity index (χ2v) is 8.82. The van der Waals surface area contributed by atoms with Crippen molar-refractivity contribution in [2.24, 2.45) is 11.7 Å². The molecule has 0 radical (unpaired) electrons. The lowest BCUT2D eigenvalue weighted by molar-refractivity contribution is -0.123. The van der Waals surface area contributed by atoms with Crippen molar-refractivity contribution < 1.29 is 14.3 Å². The second kappa shape index (κ2) is 10.2. The molecule has 1 aromatic heterocycles. The van der Waals surface area contributed by atoms with Crippen LogP contribution in [0.5, 0.6) is 6.01 Å². The largest absolute Gasteiger partial charge is 0.463 e. The first-order valence-electron chi connectivity index (χ1n) is 11.6. The smallest absolute Gasteiger partial charge is 0.320 e. The van der Waals surface area contributed by atoms with E-state index < -0.39 is 0 Å². The Kier molecular flexibility index (Phi) is 7.08. The molecule has 1 aromatic carbocycles. The molecule has 2 aromatic rings. The summed E-state index contributed by atoms with van der Waals surface area (Å²) in [4.78, 5) is 36.7. The van der Waals surface area contributed by atoms with E-state index in [1.165, 1.54) is 5.56 Å². The Morgan fingerprint density at radius 2 is 1.79 bits per heavy atom. The number of nitrogens with zero attached hydrogens (tertiary/aromatic N) is 4. The molecule has 4 rings (SSSR count). The highest BCUT2D eigenvalue weighted by Crippen LogP contribution is 2.33. The van der Waals surface area contributed by atoms with Crippen LogP contribution in [-0.4, -0.2) is 46.4 Å². The highest BCUT2D eigenvalue weighted by Gasteiger charge is 2.32. The quantitative estimate of drug-likeness (QED) is 0.557. The average Bonchev–Trinajstić information content (AvgIpc) is 3.11. The van der Waals surface area contributed by atoms with Gasteiger partial charge >= 0.3 is 6.01 Å². The normalized spacial score (nSPS) is 16.8. The van der Waals surface area contributed by atoms with E-state index in [9.17, 15) is 9.59 Å². The SMILES string of the molecule is CCCCOc1nc(N)c2c(n1)N(Cc1ccc(CN3CCC(C(N)=O)CC3)cc1)C(=O)C2. The fourth-order valence-electron chi connectivity index (χ4n) is 4.33. The van der Waals surface area contributed by atoms with Crippen LogP contribution in [0.15, 0.2) is 24.3 Å². The maximum atomic E-state index is 12.7. The molecule has 9 heteroatoms. The molecule has 0 atom stereocenters. The minimum absolute atomic E-state index is 0.0000845. The Bertz CT molecular complexity index is 1000. The van der Waals surface area contributed by atoms with Crippen LogP contribution >= 0.6 is 0 Å². The Morgan fingerprint density at radius 1 is 1.12 bits per heavy atom. The number of nitrogens with two attached hydrogens (primary N) is 2. The summed E-state index contributed by atoms with van der Waals surface area (Å²) >= 11 is 0. The van der Waals surface area contributed by atoms with Crippen molar-refractivity contribution in [3.8, 4) is 6.01 Å². The molecule has 3 heterocycles. The third-order valence-corrected chi connectivity index (χ3v) is 6.37. The lowest BCUT2D eigenvalue weighted by atomic mass is 9.96. The van der Waals surface area contributed by atoms with Gasteiger partial charge in [-0.3, -0.25) is 19.4 Å². The first kappa shape index (κ1) is 23.0. The van der Waals surface area contributed by atoms with Crippen LogP contribution in [0.3, 0.4) is 0 Å². The molecule has 1 saturated heterocycles. The lowest BCUT2D eigenvalue weighted by Crippen LogP contribution is -2.38. The van der Waals surface area contributed by atoms with E-state index in [0.717, 1.165) is 50.9 Å². The van der Waals surface area contributed by atoms with E-state index in [1.807, 2.05) is 12.1 Å². The number of piperidine rings is 1.